The molecule has 0 aliphatic heterocycles. The summed E-state index contributed by atoms with van der Waals surface area (Å²) >= 11 is 0. The Morgan fingerprint density at radius 2 is 1.26 bits per heavy atom. The third kappa shape index (κ3) is 14.4. The Bertz CT molecular complexity index is 1300. The minimum absolute atomic E-state index is 0.289. The van der Waals surface area contributed by atoms with Crippen molar-refractivity contribution in [3.05, 3.63) is 85.0 Å². The Kier molecular flexibility index (Phi) is 14.9. The molecule has 2 aromatic carbocycles. The van der Waals surface area contributed by atoms with Crippen LogP contribution in [0.2, 0.25) is 0 Å². The zero-order valence-electron chi connectivity index (χ0n) is 21.9. The van der Waals surface area contributed by atoms with Crippen molar-refractivity contribution in [2.75, 3.05) is 19.8 Å². The van der Waals surface area contributed by atoms with Crippen molar-refractivity contribution < 1.29 is 23.8 Å². The Morgan fingerprint density at radius 1 is 0.692 bits per heavy atom. The molecular weight excluding hydrogens is 490 g/mol. The van der Waals surface area contributed by atoms with Crippen molar-refractivity contribution in [2.45, 2.75) is 32.1 Å². The van der Waals surface area contributed by atoms with Gasteiger partial charge < -0.3 is 14.2 Å². The maximum Gasteiger partial charge on any atom is 0.330 e. The monoisotopic (exact) mass is 521 g/mol. The van der Waals surface area contributed by atoms with Gasteiger partial charge in [0.15, 0.2) is 0 Å². The fraction of sp³-hybridized carbons (Fsp3) is 0.242. The summed E-state index contributed by atoms with van der Waals surface area (Å²) in [6.45, 7) is 7.86. The lowest BCUT2D eigenvalue weighted by atomic mass is 10.2. The predicted octanol–water partition coefficient (Wildman–Crippen LogP) is 5.58. The van der Waals surface area contributed by atoms with Crippen molar-refractivity contribution in [2.24, 2.45) is 4.99 Å². The van der Waals surface area contributed by atoms with Crippen molar-refractivity contribution in [3.63, 3.8) is 0 Å². The minimum Gasteiger partial charge on any atom is -0.493 e. The third-order valence-electron chi connectivity index (χ3n) is 4.92. The molecule has 0 radical (unpaired) electrons. The number of ether oxygens (including phenoxy) is 3. The number of benzene rings is 2. The first kappa shape index (κ1) is 30.2. The number of hydrogen-bond donors (Lipinski definition) is 0. The van der Waals surface area contributed by atoms with Crippen LogP contribution in [-0.4, -0.2) is 38.0 Å². The lowest BCUT2D eigenvalue weighted by Gasteiger charge is -2.06. The number of nitrogens with zero attached hydrogens (tertiary/aromatic N) is 1. The smallest absolute Gasteiger partial charge is 0.330 e. The van der Waals surface area contributed by atoms with Gasteiger partial charge in [-0.05, 0) is 97.9 Å². The maximum absolute atomic E-state index is 11.0. The van der Waals surface area contributed by atoms with Crippen LogP contribution in [0.1, 0.15) is 43.2 Å². The van der Waals surface area contributed by atoms with Gasteiger partial charge in [0.25, 0.3) is 0 Å². The molecule has 0 unspecified atom stereocenters. The third-order valence-corrected chi connectivity index (χ3v) is 4.92. The highest BCUT2D eigenvalue weighted by molar-refractivity contribution is 5.81. The molecule has 0 spiro atoms. The van der Waals surface area contributed by atoms with Crippen LogP contribution in [0.4, 0.5) is 5.69 Å². The van der Waals surface area contributed by atoms with Gasteiger partial charge in [0.05, 0.1) is 25.5 Å². The van der Waals surface area contributed by atoms with Crippen LogP contribution >= 0.6 is 0 Å². The lowest BCUT2D eigenvalue weighted by Crippen LogP contribution is -2.06. The van der Waals surface area contributed by atoms with E-state index in [9.17, 15) is 9.59 Å². The molecule has 6 heteroatoms. The summed E-state index contributed by atoms with van der Waals surface area (Å²) in [6, 6.07) is 15.0. The van der Waals surface area contributed by atoms with E-state index in [1.807, 2.05) is 54.7 Å². The number of carbonyl (C=O) groups is 2. The Hall–Kier alpha value is -4.99. The second-order valence-electron chi connectivity index (χ2n) is 7.93. The standard InChI is InChI=1S/C33H31NO5/c1-3-32(35)38-25-12-8-7-11-24-34-30-20-16-28(17-21-30)14-9-5-6-10-15-29-18-22-31(23-19-29)37-26-13-27-39-33(36)4-2/h3-4,16-24H,1-2,7-8,11-13,25-27H2. The first-order chi connectivity index (χ1) is 19.1. The molecule has 0 N–H and O–H groups in total. The number of hydrogen-bond acceptors (Lipinski definition) is 6. The number of esters is 2. The van der Waals surface area contributed by atoms with Crippen LogP contribution in [0.3, 0.4) is 0 Å². The van der Waals surface area contributed by atoms with Gasteiger partial charge in [-0.25, -0.2) is 9.59 Å². The highest BCUT2D eigenvalue weighted by Gasteiger charge is 1.97. The molecule has 39 heavy (non-hydrogen) atoms. The van der Waals surface area contributed by atoms with Crippen molar-refractivity contribution in [3.8, 4) is 41.3 Å². The molecule has 0 amide bonds. The van der Waals surface area contributed by atoms with Gasteiger partial charge in [0, 0.05) is 35.9 Å². The van der Waals surface area contributed by atoms with Crippen LogP contribution in [0.25, 0.3) is 0 Å². The summed E-state index contributed by atoms with van der Waals surface area (Å²) in [5.41, 5.74) is 2.53. The van der Waals surface area contributed by atoms with Gasteiger partial charge in [0.1, 0.15) is 5.75 Å². The highest BCUT2D eigenvalue weighted by atomic mass is 16.5. The predicted molar refractivity (Wildman–Crippen MR) is 153 cm³/mol. The summed E-state index contributed by atoms with van der Waals surface area (Å²) in [7, 11) is 0. The summed E-state index contributed by atoms with van der Waals surface area (Å²) in [4.78, 5) is 26.4. The minimum atomic E-state index is -0.436. The van der Waals surface area contributed by atoms with E-state index in [1.54, 1.807) is 0 Å². The van der Waals surface area contributed by atoms with E-state index in [4.69, 9.17) is 14.2 Å². The molecule has 0 heterocycles. The fourth-order valence-electron chi connectivity index (χ4n) is 2.93. The largest absolute Gasteiger partial charge is 0.493 e. The summed E-state index contributed by atoms with van der Waals surface area (Å²) in [5.74, 6) is 16.9. The Labute approximate surface area is 230 Å². The van der Waals surface area contributed by atoms with Gasteiger partial charge in [-0.1, -0.05) is 25.0 Å². The van der Waals surface area contributed by atoms with Crippen LogP contribution in [0, 0.1) is 35.5 Å². The molecule has 0 aliphatic rings. The number of unbranched alkanes of at least 4 members (excludes halogenated alkanes) is 3. The Balaban J connectivity index is 1.67. The van der Waals surface area contributed by atoms with Crippen molar-refractivity contribution in [1.82, 2.24) is 0 Å². The second-order valence-corrected chi connectivity index (χ2v) is 7.93. The lowest BCUT2D eigenvalue weighted by molar-refractivity contribution is -0.138. The summed E-state index contributed by atoms with van der Waals surface area (Å²) in [5, 5.41) is 0. The van der Waals surface area contributed by atoms with Gasteiger partial charge in [0.2, 0.25) is 0 Å². The zero-order valence-corrected chi connectivity index (χ0v) is 21.9. The van der Waals surface area contributed by atoms with Crippen LogP contribution in [0.15, 0.2) is 78.8 Å². The molecular formula is C33H31NO5. The number of carbonyl (C=O) groups excluding carboxylic acids is 2. The molecule has 198 valence electrons. The molecule has 0 atom stereocenters. The average Bonchev–Trinajstić information content (AvgIpc) is 2.97. The van der Waals surface area contributed by atoms with E-state index in [2.05, 4.69) is 53.7 Å². The van der Waals surface area contributed by atoms with Gasteiger partial charge in [-0.2, -0.15) is 0 Å². The maximum atomic E-state index is 11.0. The molecule has 0 fully saturated rings. The topological polar surface area (TPSA) is 74.2 Å². The van der Waals surface area contributed by atoms with Gasteiger partial charge in [-0.15, -0.1) is 0 Å². The van der Waals surface area contributed by atoms with Crippen molar-refractivity contribution in [1.29, 1.82) is 0 Å². The summed E-state index contributed by atoms with van der Waals surface area (Å²) in [6.07, 6.45) is 8.44. The van der Waals surface area contributed by atoms with E-state index in [0.29, 0.717) is 25.4 Å². The highest BCUT2D eigenvalue weighted by Crippen LogP contribution is 2.13. The first-order valence-electron chi connectivity index (χ1n) is 12.6. The molecule has 0 saturated carbocycles. The fourth-order valence-corrected chi connectivity index (χ4v) is 2.93. The van der Waals surface area contributed by atoms with Gasteiger partial charge in [-0.3, -0.25) is 4.99 Å². The van der Waals surface area contributed by atoms with E-state index >= 15 is 0 Å². The molecule has 0 aromatic heterocycles. The first-order valence-corrected chi connectivity index (χ1v) is 12.6. The molecule has 0 bridgehead atoms. The van der Waals surface area contributed by atoms with E-state index in [0.717, 1.165) is 48.6 Å². The molecule has 6 nitrogen and oxygen atoms in total. The van der Waals surface area contributed by atoms with Crippen molar-refractivity contribution >= 4 is 23.8 Å². The molecule has 2 rings (SSSR count). The number of rotatable bonds is 14. The normalized spacial score (nSPS) is 9.54. The van der Waals surface area contributed by atoms with Crippen LogP contribution < -0.4 is 4.74 Å². The van der Waals surface area contributed by atoms with Gasteiger partial charge >= 0.3 is 11.9 Å². The average molecular weight is 522 g/mol. The van der Waals surface area contributed by atoms with E-state index in [1.165, 1.54) is 6.08 Å². The SMILES string of the molecule is C=CC(=O)OCCCCCC=Nc1ccc(C#CC#CC#Cc2ccc(OCCCOC(=O)C=C)cc2)cc1. The number of aliphatic imine (C=N–C) groups is 1. The molecule has 0 saturated heterocycles. The zero-order chi connectivity index (χ0) is 28.0. The molecule has 2 aromatic rings. The van der Waals surface area contributed by atoms with Crippen LogP contribution in [-0.2, 0) is 19.1 Å². The Morgan fingerprint density at radius 3 is 1.85 bits per heavy atom. The second kappa shape index (κ2) is 19.2. The van der Waals surface area contributed by atoms with E-state index < -0.39 is 5.97 Å². The van der Waals surface area contributed by atoms with E-state index in [-0.39, 0.29) is 12.6 Å². The van der Waals surface area contributed by atoms with Crippen LogP contribution in [0.5, 0.6) is 5.75 Å². The molecule has 0 aliphatic carbocycles. The quantitative estimate of drug-likeness (QED) is 0.107. The summed E-state index contributed by atoms with van der Waals surface area (Å²) < 4.78 is 15.4.